The number of amides is 1. The average molecular weight is 584 g/mol. The van der Waals surface area contributed by atoms with Gasteiger partial charge in [-0.05, 0) is 0 Å². The molecule has 0 fully saturated rings. The molecule has 0 rings (SSSR count). The predicted octanol–water partition coefficient (Wildman–Crippen LogP) is -2.66. The van der Waals surface area contributed by atoms with E-state index in [0.29, 0.717) is 0 Å². The van der Waals surface area contributed by atoms with Gasteiger partial charge in [0, 0.05) is 6.92 Å². The standard InChI is InChI=1S/C3H6NO.C2H4O2.CH4N.2Bi.4H/c1-3(5)4-2;1-2(3)4;1-2;;;;;;/h2H2,1H3,(H,4,5);1H3,(H,3,4);1-2H2;;;;;;. The molecule has 0 aromatic rings. The van der Waals surface area contributed by atoms with Crippen LogP contribution in [-0.4, -0.2) is 74.9 Å². The summed E-state index contributed by atoms with van der Waals surface area (Å²) in [4.78, 5) is 19.0. The zero-order chi connectivity index (χ0) is 11.3. The van der Waals surface area contributed by atoms with E-state index in [0.717, 1.165) is 64.9 Å². The fraction of sp³-hybridized carbons (Fsp3) is 0.667. The van der Waals surface area contributed by atoms with E-state index < -0.39 is 5.97 Å². The van der Waals surface area contributed by atoms with Crippen LogP contribution in [0.2, 0.25) is 0 Å². The number of hydrogen-bond donors (Lipinski definition) is 3. The molecule has 80 valence electrons. The van der Waals surface area contributed by atoms with E-state index in [-0.39, 0.29) is 5.91 Å². The van der Waals surface area contributed by atoms with Crippen LogP contribution in [0.3, 0.4) is 0 Å². The third-order valence-corrected chi connectivity index (χ3v) is 1.14. The average Bonchev–Trinajstić information content (AvgIpc) is 1.86. The maximum atomic E-state index is 9.96. The summed E-state index contributed by atoms with van der Waals surface area (Å²) in [5.41, 5.74) is 4.92. The molecule has 0 saturated heterocycles. The van der Waals surface area contributed by atoms with Crippen molar-refractivity contribution in [2.45, 2.75) is 13.8 Å². The van der Waals surface area contributed by atoms with Crippen molar-refractivity contribution in [3.8, 4) is 0 Å². The summed E-state index contributed by atoms with van der Waals surface area (Å²) in [5.74, 6) is -0.752. The van der Waals surface area contributed by atoms with Crippen LogP contribution in [0.1, 0.15) is 13.8 Å². The van der Waals surface area contributed by atoms with Gasteiger partial charge in [0.25, 0.3) is 5.97 Å². The van der Waals surface area contributed by atoms with Gasteiger partial charge in [-0.2, -0.15) is 0 Å². The zero-order valence-electron chi connectivity index (χ0n) is 7.91. The first-order valence-corrected chi connectivity index (χ1v) is 9.81. The number of carboxylic acids is 1. The Morgan fingerprint density at radius 3 is 1.62 bits per heavy atom. The number of nitrogens with one attached hydrogen (secondary N) is 1. The van der Waals surface area contributed by atoms with E-state index >= 15 is 0 Å². The fourth-order valence-corrected chi connectivity index (χ4v) is 1.26. The molecular weight excluding hydrogens is 566 g/mol. The molecule has 0 spiro atoms. The third kappa shape index (κ3) is 107. The van der Waals surface area contributed by atoms with Gasteiger partial charge in [-0.1, -0.05) is 0 Å². The van der Waals surface area contributed by atoms with Gasteiger partial charge in [0.1, 0.15) is 0 Å². The van der Waals surface area contributed by atoms with Crippen molar-refractivity contribution >= 4 is 61.3 Å². The van der Waals surface area contributed by atoms with Gasteiger partial charge in [-0.3, -0.25) is 4.79 Å². The van der Waals surface area contributed by atoms with Gasteiger partial charge in [0.05, 0.1) is 0 Å². The summed E-state index contributed by atoms with van der Waals surface area (Å²) in [6, 6.07) is 0. The molecule has 0 heterocycles. The van der Waals surface area contributed by atoms with Crippen LogP contribution >= 0.6 is 0 Å². The van der Waals surface area contributed by atoms with Crippen LogP contribution in [0.5, 0.6) is 0 Å². The van der Waals surface area contributed by atoms with Gasteiger partial charge in [0.15, 0.2) is 0 Å². The molecule has 7 heteroatoms. The van der Waals surface area contributed by atoms with Gasteiger partial charge >= 0.3 is 86.6 Å². The number of rotatable bonds is 1. The molecule has 0 bridgehead atoms. The van der Waals surface area contributed by atoms with Crippen LogP contribution in [0.15, 0.2) is 0 Å². The van der Waals surface area contributed by atoms with E-state index in [9.17, 15) is 4.79 Å². The maximum absolute atomic E-state index is 9.96. The van der Waals surface area contributed by atoms with Crippen LogP contribution in [0.25, 0.3) is 0 Å². The molecule has 1 amide bonds. The summed E-state index contributed by atoms with van der Waals surface area (Å²) in [7, 11) is 0. The summed E-state index contributed by atoms with van der Waals surface area (Å²) >= 11 is 1.88. The van der Waals surface area contributed by atoms with Gasteiger partial charge < -0.3 is 5.11 Å². The Labute approximate surface area is 109 Å². The van der Waals surface area contributed by atoms with Crippen molar-refractivity contribution in [2.75, 3.05) is 8.51 Å². The Balaban J connectivity index is -0.000000125. The van der Waals surface area contributed by atoms with E-state index in [1.165, 1.54) is 6.92 Å². The Morgan fingerprint density at radius 1 is 1.38 bits per heavy atom. The van der Waals surface area contributed by atoms with Crippen LogP contribution < -0.4 is 11.1 Å². The fourth-order valence-electron chi connectivity index (χ4n) is 0.144. The van der Waals surface area contributed by atoms with Crippen molar-refractivity contribution < 1.29 is 14.7 Å². The van der Waals surface area contributed by atoms with E-state index in [1.54, 1.807) is 0 Å². The normalized spacial score (nSPS) is 6.85. The molecule has 0 aliphatic carbocycles. The van der Waals surface area contributed by atoms with E-state index in [4.69, 9.17) is 15.6 Å². The number of nitrogens with two attached hydrogens (primary N) is 1. The molecule has 0 atom stereocenters. The first-order valence-electron chi connectivity index (χ1n) is 3.46. The van der Waals surface area contributed by atoms with Crippen LogP contribution in [-0.2, 0) is 9.59 Å². The Bertz CT molecular complexity index is 129. The SMILES string of the molecule is CC(=O)N[CH2][BiH2].CC(=O)O.N[CH2][BiH2]. The van der Waals surface area contributed by atoms with Crippen LogP contribution in [0.4, 0.5) is 0 Å². The zero-order valence-corrected chi connectivity index (χ0v) is 16.9. The molecule has 0 aromatic carbocycles. The number of carbonyl (C=O) groups excluding carboxylic acids is 1. The first-order chi connectivity index (χ1) is 5.92. The second-order valence-corrected chi connectivity index (χ2v) is 5.11. The van der Waals surface area contributed by atoms with Crippen molar-refractivity contribution in [1.82, 2.24) is 5.32 Å². The van der Waals surface area contributed by atoms with E-state index in [2.05, 4.69) is 5.32 Å². The molecule has 0 aromatic heterocycles. The van der Waals surface area contributed by atoms with Crippen molar-refractivity contribution in [3.63, 3.8) is 0 Å². The molecule has 4 N–H and O–H groups in total. The van der Waals surface area contributed by atoms with E-state index in [1.807, 2.05) is 0 Å². The van der Waals surface area contributed by atoms with Crippen molar-refractivity contribution in [2.24, 2.45) is 5.73 Å². The molecule has 0 aliphatic heterocycles. The topological polar surface area (TPSA) is 92.4 Å². The monoisotopic (exact) mass is 584 g/mol. The second-order valence-electron chi connectivity index (χ2n) is 1.69. The number of carbonyl (C=O) groups is 2. The first kappa shape index (κ1) is 19.3. The van der Waals surface area contributed by atoms with Crippen molar-refractivity contribution in [3.05, 3.63) is 0 Å². The Hall–Kier alpha value is 0.666. The number of hydrogen-bond acceptors (Lipinski definition) is 3. The second kappa shape index (κ2) is 18.4. The molecule has 5 nitrogen and oxygen atoms in total. The summed E-state index contributed by atoms with van der Waals surface area (Å²) < 4.78 is 1.81. The summed E-state index contributed by atoms with van der Waals surface area (Å²) in [6.07, 6.45) is 0. The molecule has 13 heavy (non-hydrogen) atoms. The predicted molar refractivity (Wildman–Crippen MR) is 58.1 cm³/mol. The minimum atomic E-state index is -0.833. The van der Waals surface area contributed by atoms with Gasteiger partial charge in [-0.15, -0.1) is 0 Å². The third-order valence-electron chi connectivity index (χ3n) is 0.351. The quantitative estimate of drug-likeness (QED) is 0.294. The van der Waals surface area contributed by atoms with Gasteiger partial charge in [-0.25, -0.2) is 0 Å². The Morgan fingerprint density at radius 2 is 1.62 bits per heavy atom. The van der Waals surface area contributed by atoms with Gasteiger partial charge in [0.2, 0.25) is 0 Å². The molecule has 0 aliphatic rings. The minimum absolute atomic E-state index is 0.0810. The number of carboxylic acid groups (broad SMARTS) is 1. The summed E-state index contributed by atoms with van der Waals surface area (Å²) in [6.45, 7) is 2.61. The Kier molecular flexibility index (Phi) is 27.4. The number of aliphatic carboxylic acids is 1. The van der Waals surface area contributed by atoms with Crippen molar-refractivity contribution in [1.29, 1.82) is 0 Å². The molecule has 0 unspecified atom stereocenters. The molecular formula is C6H18Bi2N2O3. The molecule has 0 radical (unpaired) electrons. The molecule has 0 saturated carbocycles. The summed E-state index contributed by atoms with van der Waals surface area (Å²) in [5, 5.41) is 10.1. The van der Waals surface area contributed by atoms with Crippen LogP contribution in [0, 0.1) is 0 Å².